The van der Waals surface area contributed by atoms with E-state index >= 15 is 0 Å². The number of benzene rings is 1. The molecule has 1 aromatic heterocycles. The number of carbonyl (C=O) groups excluding carboxylic acids is 1. The van der Waals surface area contributed by atoms with Crippen LogP contribution in [0, 0.1) is 6.92 Å². The second-order valence-electron chi connectivity index (χ2n) is 4.68. The second-order valence-corrected chi connectivity index (χ2v) is 4.68. The first kappa shape index (κ1) is 14.8. The zero-order valence-electron chi connectivity index (χ0n) is 11.9. The van der Waals surface area contributed by atoms with E-state index in [2.05, 4.69) is 5.32 Å². The maximum atomic E-state index is 11.7. The Morgan fingerprint density at radius 2 is 1.95 bits per heavy atom. The summed E-state index contributed by atoms with van der Waals surface area (Å²) in [5.41, 5.74) is 0.979. The Labute approximate surface area is 123 Å². The van der Waals surface area contributed by atoms with Crippen LogP contribution in [0.1, 0.15) is 5.56 Å². The third kappa shape index (κ3) is 4.80. The standard InChI is InChI=1S/C16H18N2O3/c1-13-5-7-14(8-6-13)21-11-9-17-15(19)12-18-10-3-2-4-16(18)20/h2-8,10H,9,11-12H2,1H3,(H,17,19). The summed E-state index contributed by atoms with van der Waals surface area (Å²) < 4.78 is 6.86. The lowest BCUT2D eigenvalue weighted by atomic mass is 10.2. The van der Waals surface area contributed by atoms with Gasteiger partial charge >= 0.3 is 0 Å². The van der Waals surface area contributed by atoms with E-state index in [-0.39, 0.29) is 18.0 Å². The molecule has 5 heteroatoms. The lowest BCUT2D eigenvalue weighted by Crippen LogP contribution is -2.34. The van der Waals surface area contributed by atoms with E-state index in [0.29, 0.717) is 13.2 Å². The van der Waals surface area contributed by atoms with Gasteiger partial charge in [0.1, 0.15) is 18.9 Å². The molecule has 110 valence electrons. The maximum Gasteiger partial charge on any atom is 0.250 e. The average molecular weight is 286 g/mol. The van der Waals surface area contributed by atoms with Crippen LogP contribution in [0.4, 0.5) is 0 Å². The minimum atomic E-state index is -0.212. The highest BCUT2D eigenvalue weighted by molar-refractivity contribution is 5.75. The number of aromatic nitrogens is 1. The molecule has 0 fully saturated rings. The lowest BCUT2D eigenvalue weighted by molar-refractivity contribution is -0.121. The number of ether oxygens (including phenoxy) is 1. The largest absolute Gasteiger partial charge is 0.492 e. The minimum Gasteiger partial charge on any atom is -0.492 e. The number of hydrogen-bond donors (Lipinski definition) is 1. The number of nitrogens with one attached hydrogen (secondary N) is 1. The summed E-state index contributed by atoms with van der Waals surface area (Å²) in [4.78, 5) is 23.1. The van der Waals surface area contributed by atoms with Crippen LogP contribution in [-0.4, -0.2) is 23.6 Å². The minimum absolute atomic E-state index is 0.0181. The molecule has 1 aromatic carbocycles. The van der Waals surface area contributed by atoms with Crippen LogP contribution in [0.25, 0.3) is 0 Å². The van der Waals surface area contributed by atoms with Crippen molar-refractivity contribution in [3.63, 3.8) is 0 Å². The van der Waals surface area contributed by atoms with E-state index in [4.69, 9.17) is 4.74 Å². The van der Waals surface area contributed by atoms with Gasteiger partial charge in [-0.15, -0.1) is 0 Å². The molecule has 21 heavy (non-hydrogen) atoms. The molecule has 0 aliphatic rings. The van der Waals surface area contributed by atoms with Gasteiger partial charge in [-0.1, -0.05) is 23.8 Å². The van der Waals surface area contributed by atoms with Gasteiger partial charge in [-0.05, 0) is 25.1 Å². The first-order chi connectivity index (χ1) is 10.1. The van der Waals surface area contributed by atoms with E-state index in [0.717, 1.165) is 5.75 Å². The molecule has 2 aromatic rings. The van der Waals surface area contributed by atoms with Crippen molar-refractivity contribution in [2.45, 2.75) is 13.5 Å². The van der Waals surface area contributed by atoms with E-state index < -0.39 is 0 Å². The van der Waals surface area contributed by atoms with Gasteiger partial charge in [-0.3, -0.25) is 9.59 Å². The van der Waals surface area contributed by atoms with E-state index in [1.165, 1.54) is 16.2 Å². The SMILES string of the molecule is Cc1ccc(OCCNC(=O)Cn2ccccc2=O)cc1. The first-order valence-electron chi connectivity index (χ1n) is 6.77. The van der Waals surface area contributed by atoms with E-state index in [1.54, 1.807) is 18.3 Å². The molecule has 0 atom stereocenters. The molecule has 0 saturated heterocycles. The number of hydrogen-bond acceptors (Lipinski definition) is 3. The van der Waals surface area contributed by atoms with Crippen molar-refractivity contribution in [1.82, 2.24) is 9.88 Å². The lowest BCUT2D eigenvalue weighted by Gasteiger charge is -2.09. The number of aryl methyl sites for hydroxylation is 1. The van der Waals surface area contributed by atoms with Crippen molar-refractivity contribution in [2.75, 3.05) is 13.2 Å². The van der Waals surface area contributed by atoms with Gasteiger partial charge < -0.3 is 14.6 Å². The summed E-state index contributed by atoms with van der Waals surface area (Å²) in [6.07, 6.45) is 1.59. The molecule has 1 N–H and O–H groups in total. The average Bonchev–Trinajstić information content (AvgIpc) is 2.48. The van der Waals surface area contributed by atoms with Crippen LogP contribution >= 0.6 is 0 Å². The fourth-order valence-electron chi connectivity index (χ4n) is 1.80. The molecule has 2 rings (SSSR count). The Morgan fingerprint density at radius 3 is 2.67 bits per heavy atom. The van der Waals surface area contributed by atoms with Crippen LogP contribution in [0.3, 0.4) is 0 Å². The topological polar surface area (TPSA) is 60.3 Å². The second kappa shape index (κ2) is 7.28. The predicted octanol–water partition coefficient (Wildman–Crippen LogP) is 1.35. The van der Waals surface area contributed by atoms with Crippen molar-refractivity contribution >= 4 is 5.91 Å². The highest BCUT2D eigenvalue weighted by Gasteiger charge is 2.03. The van der Waals surface area contributed by atoms with Crippen molar-refractivity contribution in [1.29, 1.82) is 0 Å². The summed E-state index contributed by atoms with van der Waals surface area (Å²) in [5, 5.41) is 2.72. The van der Waals surface area contributed by atoms with Gasteiger partial charge in [0.2, 0.25) is 5.91 Å². The van der Waals surface area contributed by atoms with Gasteiger partial charge in [-0.2, -0.15) is 0 Å². The van der Waals surface area contributed by atoms with Gasteiger partial charge in [-0.25, -0.2) is 0 Å². The predicted molar refractivity (Wildman–Crippen MR) is 80.4 cm³/mol. The molecule has 0 radical (unpaired) electrons. The summed E-state index contributed by atoms with van der Waals surface area (Å²) in [6, 6.07) is 12.5. The van der Waals surface area contributed by atoms with E-state index in [1.807, 2.05) is 31.2 Å². The molecular formula is C16H18N2O3. The summed E-state index contributed by atoms with van der Waals surface area (Å²) in [5.74, 6) is 0.560. The fourth-order valence-corrected chi connectivity index (χ4v) is 1.80. The molecule has 1 heterocycles. The van der Waals surface area contributed by atoms with Crippen molar-refractivity contribution in [3.05, 3.63) is 64.6 Å². The van der Waals surface area contributed by atoms with Gasteiger partial charge in [0.15, 0.2) is 0 Å². The fraction of sp³-hybridized carbons (Fsp3) is 0.250. The zero-order valence-corrected chi connectivity index (χ0v) is 11.9. The number of pyridine rings is 1. The number of amides is 1. The Kier molecular flexibility index (Phi) is 5.15. The quantitative estimate of drug-likeness (QED) is 0.816. The third-order valence-corrected chi connectivity index (χ3v) is 2.93. The Bertz CT molecular complexity index is 647. The van der Waals surface area contributed by atoms with Gasteiger partial charge in [0.25, 0.3) is 5.56 Å². The van der Waals surface area contributed by atoms with Crippen molar-refractivity contribution in [3.8, 4) is 5.75 Å². The van der Waals surface area contributed by atoms with Crippen molar-refractivity contribution < 1.29 is 9.53 Å². The van der Waals surface area contributed by atoms with Crippen LogP contribution in [0.2, 0.25) is 0 Å². The summed E-state index contributed by atoms with van der Waals surface area (Å²) in [7, 11) is 0. The Balaban J connectivity index is 1.71. The highest BCUT2D eigenvalue weighted by Crippen LogP contribution is 2.10. The van der Waals surface area contributed by atoms with E-state index in [9.17, 15) is 9.59 Å². The van der Waals surface area contributed by atoms with Crippen LogP contribution in [-0.2, 0) is 11.3 Å². The van der Waals surface area contributed by atoms with Gasteiger partial charge in [0, 0.05) is 12.3 Å². The number of carbonyl (C=O) groups is 1. The summed E-state index contributed by atoms with van der Waals surface area (Å²) >= 11 is 0. The molecule has 0 bridgehead atoms. The molecule has 1 amide bonds. The van der Waals surface area contributed by atoms with Gasteiger partial charge in [0.05, 0.1) is 6.54 Å². The van der Waals surface area contributed by atoms with Crippen LogP contribution in [0.15, 0.2) is 53.5 Å². The normalized spacial score (nSPS) is 10.1. The molecule has 0 aliphatic carbocycles. The van der Waals surface area contributed by atoms with Crippen LogP contribution < -0.4 is 15.6 Å². The molecule has 0 unspecified atom stereocenters. The molecular weight excluding hydrogens is 268 g/mol. The highest BCUT2D eigenvalue weighted by atomic mass is 16.5. The zero-order chi connectivity index (χ0) is 15.1. The molecule has 0 aliphatic heterocycles. The number of rotatable bonds is 6. The van der Waals surface area contributed by atoms with Crippen molar-refractivity contribution in [2.24, 2.45) is 0 Å². The first-order valence-corrected chi connectivity index (χ1v) is 6.77. The third-order valence-electron chi connectivity index (χ3n) is 2.93. The Hall–Kier alpha value is -2.56. The van der Waals surface area contributed by atoms with Crippen LogP contribution in [0.5, 0.6) is 5.75 Å². The maximum absolute atomic E-state index is 11.7. The smallest absolute Gasteiger partial charge is 0.250 e. The molecule has 0 saturated carbocycles. The Morgan fingerprint density at radius 1 is 1.19 bits per heavy atom. The number of nitrogens with zero attached hydrogens (tertiary/aromatic N) is 1. The monoisotopic (exact) mass is 286 g/mol. The molecule has 5 nitrogen and oxygen atoms in total. The molecule has 0 spiro atoms. The summed E-state index contributed by atoms with van der Waals surface area (Å²) in [6.45, 7) is 2.81.